The number of nitrogens with zero attached hydrogens (tertiary/aromatic N) is 1. The molecule has 0 saturated heterocycles. The maximum atomic E-state index is 14.0. The zero-order chi connectivity index (χ0) is 14.0. The number of Topliss-reactive ketones (excluding diaryl/α,β-unsaturated/α-hetero) is 1. The summed E-state index contributed by atoms with van der Waals surface area (Å²) in [5.74, 6) is -1.99. The van der Waals surface area contributed by atoms with Crippen LogP contribution in [-0.2, 0) is 4.79 Å². The lowest BCUT2D eigenvalue weighted by atomic mass is 10.1. The molecule has 0 aliphatic carbocycles. The number of amides is 1. The van der Waals surface area contributed by atoms with Gasteiger partial charge in [-0.25, -0.2) is 4.39 Å². The second-order valence-corrected chi connectivity index (χ2v) is 4.11. The first-order valence-corrected chi connectivity index (χ1v) is 5.74. The maximum Gasteiger partial charge on any atom is 0.296 e. The summed E-state index contributed by atoms with van der Waals surface area (Å²) in [5, 5.41) is 2.42. The minimum absolute atomic E-state index is 0.0726. The summed E-state index contributed by atoms with van der Waals surface area (Å²) in [6, 6.07) is 2.55. The summed E-state index contributed by atoms with van der Waals surface area (Å²) in [4.78, 5) is 24.4. The van der Waals surface area contributed by atoms with Gasteiger partial charge in [0.25, 0.3) is 11.7 Å². The van der Waals surface area contributed by atoms with E-state index in [2.05, 4.69) is 18.5 Å². The van der Waals surface area contributed by atoms with Crippen molar-refractivity contribution < 1.29 is 14.0 Å². The molecule has 0 aromatic heterocycles. The van der Waals surface area contributed by atoms with Crippen molar-refractivity contribution >= 4 is 23.1 Å². The van der Waals surface area contributed by atoms with Gasteiger partial charge in [-0.1, -0.05) is 12.2 Å². The molecule has 5 heteroatoms. The van der Waals surface area contributed by atoms with Gasteiger partial charge in [-0.15, -0.1) is 13.2 Å². The van der Waals surface area contributed by atoms with Gasteiger partial charge in [0.05, 0.1) is 16.9 Å². The number of benzene rings is 1. The summed E-state index contributed by atoms with van der Waals surface area (Å²) >= 11 is 0. The third kappa shape index (κ3) is 2.27. The Hall–Kier alpha value is -2.43. The lowest BCUT2D eigenvalue weighted by molar-refractivity contribution is -0.112. The van der Waals surface area contributed by atoms with Crippen LogP contribution >= 0.6 is 0 Å². The van der Waals surface area contributed by atoms with Crippen molar-refractivity contribution in [1.29, 1.82) is 0 Å². The molecule has 4 nitrogen and oxygen atoms in total. The first-order chi connectivity index (χ1) is 9.08. The van der Waals surface area contributed by atoms with Crippen molar-refractivity contribution in [2.24, 2.45) is 0 Å². The molecule has 1 aliphatic heterocycles. The molecule has 0 radical (unpaired) electrons. The highest BCUT2D eigenvalue weighted by Gasteiger charge is 2.30. The normalized spacial score (nSPS) is 12.9. The van der Waals surface area contributed by atoms with Crippen LogP contribution in [0.1, 0.15) is 10.4 Å². The van der Waals surface area contributed by atoms with Gasteiger partial charge < -0.3 is 10.2 Å². The minimum atomic E-state index is -0.731. The number of ketones is 1. The zero-order valence-corrected chi connectivity index (χ0v) is 10.3. The molecule has 0 atom stereocenters. The fourth-order valence-electron chi connectivity index (χ4n) is 1.98. The molecule has 1 aromatic carbocycles. The number of hydrogen-bond acceptors (Lipinski definition) is 3. The molecule has 0 fully saturated rings. The Morgan fingerprint density at radius 1 is 1.21 bits per heavy atom. The van der Waals surface area contributed by atoms with E-state index in [4.69, 9.17) is 0 Å². The lowest BCUT2D eigenvalue weighted by Gasteiger charge is -2.22. The maximum absolute atomic E-state index is 14.0. The van der Waals surface area contributed by atoms with Crippen LogP contribution in [0.2, 0.25) is 0 Å². The Morgan fingerprint density at radius 3 is 2.42 bits per heavy atom. The van der Waals surface area contributed by atoms with Crippen LogP contribution < -0.4 is 10.2 Å². The smallest absolute Gasteiger partial charge is 0.296 e. The van der Waals surface area contributed by atoms with Gasteiger partial charge in [0.2, 0.25) is 0 Å². The molecule has 19 heavy (non-hydrogen) atoms. The monoisotopic (exact) mass is 260 g/mol. The van der Waals surface area contributed by atoms with E-state index in [9.17, 15) is 14.0 Å². The van der Waals surface area contributed by atoms with Gasteiger partial charge in [-0.2, -0.15) is 0 Å². The molecule has 1 heterocycles. The van der Waals surface area contributed by atoms with Crippen molar-refractivity contribution in [3.8, 4) is 0 Å². The average Bonchev–Trinajstić information content (AvgIpc) is 2.64. The van der Waals surface area contributed by atoms with Gasteiger partial charge in [-0.3, -0.25) is 9.59 Å². The Morgan fingerprint density at radius 2 is 1.84 bits per heavy atom. The number of halogens is 1. The zero-order valence-electron chi connectivity index (χ0n) is 10.3. The minimum Gasteiger partial charge on any atom is -0.362 e. The van der Waals surface area contributed by atoms with E-state index >= 15 is 0 Å². The second kappa shape index (κ2) is 5.06. The van der Waals surface area contributed by atoms with E-state index in [0.717, 1.165) is 6.07 Å². The summed E-state index contributed by atoms with van der Waals surface area (Å²) in [6.45, 7) is 8.09. The van der Waals surface area contributed by atoms with Crippen molar-refractivity contribution in [2.45, 2.75) is 0 Å². The predicted molar refractivity (Wildman–Crippen MR) is 72.0 cm³/mol. The van der Waals surface area contributed by atoms with E-state index in [1.165, 1.54) is 6.07 Å². The highest BCUT2D eigenvalue weighted by Crippen LogP contribution is 2.31. The standard InChI is InChI=1S/C14H13FN2O2/c1-3-5-17(6-4-2)12-8-11-9(7-10(12)15)13(18)14(19)16-11/h3-4,7-8H,1-2,5-6H2,(H,16,18,19). The SMILES string of the molecule is C=CCN(CC=C)c1cc2c(cc1F)C(=O)C(=O)N2. The van der Waals surface area contributed by atoms with E-state index in [-0.39, 0.29) is 5.56 Å². The van der Waals surface area contributed by atoms with E-state index in [0.29, 0.717) is 24.5 Å². The Labute approximate surface area is 110 Å². The predicted octanol–water partition coefficient (Wildman–Crippen LogP) is 2.14. The first-order valence-electron chi connectivity index (χ1n) is 5.74. The van der Waals surface area contributed by atoms with Crippen LogP contribution in [-0.4, -0.2) is 24.8 Å². The lowest BCUT2D eigenvalue weighted by Crippen LogP contribution is -2.24. The van der Waals surface area contributed by atoms with Crippen LogP contribution in [0.3, 0.4) is 0 Å². The third-order valence-electron chi connectivity index (χ3n) is 2.83. The van der Waals surface area contributed by atoms with E-state index in [1.807, 2.05) is 0 Å². The second-order valence-electron chi connectivity index (χ2n) is 4.11. The summed E-state index contributed by atoms with van der Waals surface area (Å²) in [6.07, 6.45) is 3.28. The molecule has 1 aliphatic rings. The molecular formula is C14H13FN2O2. The molecule has 0 unspecified atom stereocenters. The van der Waals surface area contributed by atoms with Gasteiger partial charge in [0, 0.05) is 13.1 Å². The molecule has 0 bridgehead atoms. The van der Waals surface area contributed by atoms with Crippen molar-refractivity contribution in [2.75, 3.05) is 23.3 Å². The van der Waals surface area contributed by atoms with E-state index < -0.39 is 17.5 Å². The number of nitrogens with one attached hydrogen (secondary N) is 1. The van der Waals surface area contributed by atoms with Crippen LogP contribution in [0.5, 0.6) is 0 Å². The molecule has 98 valence electrons. The Bertz CT molecular complexity index is 571. The first kappa shape index (κ1) is 13.0. The summed E-state index contributed by atoms with van der Waals surface area (Å²) < 4.78 is 14.0. The van der Waals surface area contributed by atoms with Crippen molar-refractivity contribution in [1.82, 2.24) is 0 Å². The largest absolute Gasteiger partial charge is 0.362 e. The third-order valence-corrected chi connectivity index (χ3v) is 2.83. The molecule has 0 saturated carbocycles. The molecule has 0 spiro atoms. The number of anilines is 2. The average molecular weight is 260 g/mol. The van der Waals surface area contributed by atoms with Crippen LogP contribution in [0.15, 0.2) is 37.4 Å². The topological polar surface area (TPSA) is 49.4 Å². The fourth-order valence-corrected chi connectivity index (χ4v) is 1.98. The van der Waals surface area contributed by atoms with Crippen LogP contribution in [0, 0.1) is 5.82 Å². The van der Waals surface area contributed by atoms with Gasteiger partial charge in [-0.05, 0) is 12.1 Å². The number of hydrogen-bond donors (Lipinski definition) is 1. The Kier molecular flexibility index (Phi) is 3.46. The van der Waals surface area contributed by atoms with E-state index in [1.54, 1.807) is 17.1 Å². The van der Waals surface area contributed by atoms with Crippen LogP contribution in [0.4, 0.5) is 15.8 Å². The van der Waals surface area contributed by atoms with Gasteiger partial charge in [0.15, 0.2) is 0 Å². The van der Waals surface area contributed by atoms with Crippen LogP contribution in [0.25, 0.3) is 0 Å². The Balaban J connectivity index is 2.45. The quantitative estimate of drug-likeness (QED) is 0.652. The molecule has 1 amide bonds. The molecule has 2 rings (SSSR count). The number of fused-ring (bicyclic) bond motifs is 1. The van der Waals surface area contributed by atoms with Crippen molar-refractivity contribution in [3.05, 3.63) is 48.8 Å². The molecule has 1 aromatic rings. The highest BCUT2D eigenvalue weighted by molar-refractivity contribution is 6.51. The summed E-state index contributed by atoms with van der Waals surface area (Å²) in [5.41, 5.74) is 0.710. The number of rotatable bonds is 5. The van der Waals surface area contributed by atoms with Crippen molar-refractivity contribution in [3.63, 3.8) is 0 Å². The number of carbonyl (C=O) groups excluding carboxylic acids is 2. The fraction of sp³-hybridized carbons (Fsp3) is 0.143. The van der Waals surface area contributed by atoms with Gasteiger partial charge in [0.1, 0.15) is 5.82 Å². The molecular weight excluding hydrogens is 247 g/mol. The number of carbonyl (C=O) groups is 2. The van der Waals surface area contributed by atoms with Gasteiger partial charge >= 0.3 is 0 Å². The highest BCUT2D eigenvalue weighted by atomic mass is 19.1. The molecule has 1 N–H and O–H groups in total. The summed E-state index contributed by atoms with van der Waals surface area (Å²) in [7, 11) is 0.